The van der Waals surface area contributed by atoms with E-state index in [0.29, 0.717) is 5.56 Å². The molecular weight excluding hydrogens is 235 g/mol. The van der Waals surface area contributed by atoms with Crippen LogP contribution < -0.4 is 0 Å². The zero-order valence-electron chi connectivity index (χ0n) is 9.31. The summed E-state index contributed by atoms with van der Waals surface area (Å²) >= 11 is 1.63. The van der Waals surface area contributed by atoms with Gasteiger partial charge in [0.25, 0.3) is 0 Å². The highest BCUT2D eigenvalue weighted by molar-refractivity contribution is 7.12. The molecule has 1 aromatic carbocycles. The predicted octanol–water partition coefficient (Wildman–Crippen LogP) is 4.09. The van der Waals surface area contributed by atoms with Gasteiger partial charge in [0, 0.05) is 15.3 Å². The molecule has 0 aliphatic carbocycles. The molecule has 0 spiro atoms. The Balaban J connectivity index is 2.11. The van der Waals surface area contributed by atoms with Crippen LogP contribution in [0, 0.1) is 12.7 Å². The van der Waals surface area contributed by atoms with Gasteiger partial charge in [0.2, 0.25) is 0 Å². The first kappa shape index (κ1) is 11.7. The SMILES string of the molecule is Cc1ccc(C=CC(=O)c2ccc(F)cc2)s1. The van der Waals surface area contributed by atoms with Crippen LogP contribution in [0.4, 0.5) is 4.39 Å². The molecule has 17 heavy (non-hydrogen) atoms. The Morgan fingerprint density at radius 1 is 1.18 bits per heavy atom. The van der Waals surface area contributed by atoms with Crippen LogP contribution in [0.25, 0.3) is 6.08 Å². The molecule has 0 radical (unpaired) electrons. The Morgan fingerprint density at radius 2 is 1.88 bits per heavy atom. The minimum Gasteiger partial charge on any atom is -0.289 e. The topological polar surface area (TPSA) is 17.1 Å². The molecule has 0 saturated carbocycles. The summed E-state index contributed by atoms with van der Waals surface area (Å²) in [4.78, 5) is 14.0. The van der Waals surface area contributed by atoms with E-state index >= 15 is 0 Å². The molecule has 3 heteroatoms. The number of hydrogen-bond donors (Lipinski definition) is 0. The molecule has 0 amide bonds. The van der Waals surface area contributed by atoms with Gasteiger partial charge in [0.05, 0.1) is 0 Å². The van der Waals surface area contributed by atoms with Crippen molar-refractivity contribution in [1.29, 1.82) is 0 Å². The molecule has 0 fully saturated rings. The van der Waals surface area contributed by atoms with Crippen molar-refractivity contribution in [2.24, 2.45) is 0 Å². The molecule has 0 bridgehead atoms. The van der Waals surface area contributed by atoms with Crippen LogP contribution >= 0.6 is 11.3 Å². The second-order valence-corrected chi connectivity index (χ2v) is 4.97. The lowest BCUT2D eigenvalue weighted by atomic mass is 10.1. The molecular formula is C14H11FOS. The second-order valence-electron chi connectivity index (χ2n) is 3.65. The van der Waals surface area contributed by atoms with Crippen molar-refractivity contribution >= 4 is 23.2 Å². The Kier molecular flexibility index (Phi) is 3.49. The van der Waals surface area contributed by atoms with Crippen molar-refractivity contribution in [2.45, 2.75) is 6.92 Å². The summed E-state index contributed by atoms with van der Waals surface area (Å²) in [5, 5.41) is 0. The molecule has 0 aliphatic rings. The minimum atomic E-state index is -0.334. The molecule has 0 N–H and O–H groups in total. The molecule has 0 aliphatic heterocycles. The average Bonchev–Trinajstić information content (AvgIpc) is 2.73. The standard InChI is InChI=1S/C14H11FOS/c1-10-2-7-13(17-10)8-9-14(16)11-3-5-12(15)6-4-11/h2-9H,1H3. The lowest BCUT2D eigenvalue weighted by Crippen LogP contribution is -1.93. The van der Waals surface area contributed by atoms with Crippen LogP contribution in [-0.4, -0.2) is 5.78 Å². The molecule has 1 heterocycles. The molecule has 1 nitrogen and oxygen atoms in total. The van der Waals surface area contributed by atoms with Crippen molar-refractivity contribution in [1.82, 2.24) is 0 Å². The molecule has 0 unspecified atom stereocenters. The molecule has 0 saturated heterocycles. The van der Waals surface area contributed by atoms with E-state index in [-0.39, 0.29) is 11.6 Å². The lowest BCUT2D eigenvalue weighted by molar-refractivity contribution is 0.104. The largest absolute Gasteiger partial charge is 0.289 e. The molecule has 86 valence electrons. The van der Waals surface area contributed by atoms with Gasteiger partial charge in [0.1, 0.15) is 5.82 Å². The quantitative estimate of drug-likeness (QED) is 0.589. The number of hydrogen-bond acceptors (Lipinski definition) is 2. The summed E-state index contributed by atoms with van der Waals surface area (Å²) in [6.45, 7) is 2.02. The zero-order chi connectivity index (χ0) is 12.3. The first-order valence-electron chi connectivity index (χ1n) is 5.19. The van der Waals surface area contributed by atoms with E-state index in [1.165, 1.54) is 35.2 Å². The maximum absolute atomic E-state index is 12.7. The fraction of sp³-hybridized carbons (Fsp3) is 0.0714. The van der Waals surface area contributed by atoms with E-state index < -0.39 is 0 Å². The zero-order valence-corrected chi connectivity index (χ0v) is 10.1. The van der Waals surface area contributed by atoms with Crippen LogP contribution in [-0.2, 0) is 0 Å². The molecule has 2 rings (SSSR count). The number of benzene rings is 1. The highest BCUT2D eigenvalue weighted by Gasteiger charge is 2.01. The number of halogens is 1. The van der Waals surface area contributed by atoms with Crippen molar-refractivity contribution < 1.29 is 9.18 Å². The van der Waals surface area contributed by atoms with Crippen molar-refractivity contribution in [3.05, 3.63) is 63.6 Å². The predicted molar refractivity (Wildman–Crippen MR) is 68.8 cm³/mol. The van der Waals surface area contributed by atoms with E-state index in [4.69, 9.17) is 0 Å². The molecule has 0 atom stereocenters. The smallest absolute Gasteiger partial charge is 0.185 e. The number of aryl methyl sites for hydroxylation is 1. The number of allylic oxidation sites excluding steroid dienone is 1. The maximum Gasteiger partial charge on any atom is 0.185 e. The first-order chi connectivity index (χ1) is 8.15. The number of rotatable bonds is 3. The number of carbonyl (C=O) groups excluding carboxylic acids is 1. The third kappa shape index (κ3) is 3.11. The third-order valence-electron chi connectivity index (χ3n) is 2.29. The maximum atomic E-state index is 12.7. The Morgan fingerprint density at radius 3 is 2.47 bits per heavy atom. The molecule has 1 aromatic heterocycles. The number of carbonyl (C=O) groups is 1. The van der Waals surface area contributed by atoms with Gasteiger partial charge in [-0.25, -0.2) is 4.39 Å². The summed E-state index contributed by atoms with van der Waals surface area (Å²) < 4.78 is 12.7. The van der Waals surface area contributed by atoms with Crippen LogP contribution in [0.1, 0.15) is 20.1 Å². The van der Waals surface area contributed by atoms with Gasteiger partial charge < -0.3 is 0 Å². The molecule has 2 aromatic rings. The monoisotopic (exact) mass is 246 g/mol. The summed E-state index contributed by atoms with van der Waals surface area (Å²) in [5.74, 6) is -0.449. The highest BCUT2D eigenvalue weighted by atomic mass is 32.1. The fourth-order valence-corrected chi connectivity index (χ4v) is 2.19. The Bertz CT molecular complexity index is 552. The van der Waals surface area contributed by atoms with Gasteiger partial charge in [-0.15, -0.1) is 11.3 Å². The third-order valence-corrected chi connectivity index (χ3v) is 3.25. The van der Waals surface area contributed by atoms with Crippen molar-refractivity contribution in [3.63, 3.8) is 0 Å². The van der Waals surface area contributed by atoms with Gasteiger partial charge >= 0.3 is 0 Å². The normalized spacial score (nSPS) is 10.9. The van der Waals surface area contributed by atoms with Gasteiger partial charge in [-0.2, -0.15) is 0 Å². The van der Waals surface area contributed by atoms with Crippen LogP contribution in [0.2, 0.25) is 0 Å². The van der Waals surface area contributed by atoms with Gasteiger partial charge in [-0.05, 0) is 55.5 Å². The number of thiophene rings is 1. The van der Waals surface area contributed by atoms with Crippen LogP contribution in [0.3, 0.4) is 0 Å². The highest BCUT2D eigenvalue weighted by Crippen LogP contribution is 2.16. The van der Waals surface area contributed by atoms with E-state index in [1.54, 1.807) is 17.4 Å². The summed E-state index contributed by atoms with van der Waals surface area (Å²) in [6.07, 6.45) is 3.29. The van der Waals surface area contributed by atoms with Crippen molar-refractivity contribution in [3.8, 4) is 0 Å². The lowest BCUT2D eigenvalue weighted by Gasteiger charge is -1.94. The fourth-order valence-electron chi connectivity index (χ4n) is 1.41. The Hall–Kier alpha value is -1.74. The summed E-state index contributed by atoms with van der Waals surface area (Å²) in [6, 6.07) is 9.53. The minimum absolute atomic E-state index is 0.115. The summed E-state index contributed by atoms with van der Waals surface area (Å²) in [5.41, 5.74) is 0.496. The van der Waals surface area contributed by atoms with E-state index in [2.05, 4.69) is 0 Å². The van der Waals surface area contributed by atoms with E-state index in [0.717, 1.165) is 4.88 Å². The van der Waals surface area contributed by atoms with E-state index in [9.17, 15) is 9.18 Å². The Labute approximate surface area is 103 Å². The van der Waals surface area contributed by atoms with Gasteiger partial charge in [-0.3, -0.25) is 4.79 Å². The van der Waals surface area contributed by atoms with Crippen LogP contribution in [0.15, 0.2) is 42.5 Å². The second kappa shape index (κ2) is 5.06. The average molecular weight is 246 g/mol. The number of ketones is 1. The first-order valence-corrected chi connectivity index (χ1v) is 6.01. The van der Waals surface area contributed by atoms with Gasteiger partial charge in [-0.1, -0.05) is 0 Å². The van der Waals surface area contributed by atoms with Crippen LogP contribution in [0.5, 0.6) is 0 Å². The van der Waals surface area contributed by atoms with Crippen molar-refractivity contribution in [2.75, 3.05) is 0 Å². The summed E-state index contributed by atoms with van der Waals surface area (Å²) in [7, 11) is 0. The van der Waals surface area contributed by atoms with E-state index in [1.807, 2.05) is 19.1 Å². The van der Waals surface area contributed by atoms with Gasteiger partial charge in [0.15, 0.2) is 5.78 Å².